The maximum Gasteiger partial charge on any atom is 0.179 e. The zero-order valence-corrected chi connectivity index (χ0v) is 13.3. The zero-order chi connectivity index (χ0) is 14.8. The van der Waals surface area contributed by atoms with Gasteiger partial charge in [-0.2, -0.15) is 0 Å². The summed E-state index contributed by atoms with van der Waals surface area (Å²) in [6.07, 6.45) is 2.80. The second-order valence-electron chi connectivity index (χ2n) is 5.00. The minimum atomic E-state index is -3.30. The van der Waals surface area contributed by atoms with Crippen molar-refractivity contribution in [3.63, 3.8) is 0 Å². The van der Waals surface area contributed by atoms with Gasteiger partial charge in [0.15, 0.2) is 9.84 Å². The Balaban J connectivity index is 2.38. The van der Waals surface area contributed by atoms with Gasteiger partial charge in [0.05, 0.1) is 6.04 Å². The van der Waals surface area contributed by atoms with Crippen molar-refractivity contribution in [1.29, 1.82) is 0 Å². The first-order valence-corrected chi connectivity index (χ1v) is 9.11. The van der Waals surface area contributed by atoms with E-state index < -0.39 is 9.84 Å². The Hall–Kier alpha value is -1.40. The van der Waals surface area contributed by atoms with Crippen molar-refractivity contribution in [3.8, 4) is 0 Å². The highest BCUT2D eigenvalue weighted by Crippen LogP contribution is 2.31. The fourth-order valence-electron chi connectivity index (χ4n) is 1.98. The summed E-state index contributed by atoms with van der Waals surface area (Å²) in [7, 11) is -3.30. The van der Waals surface area contributed by atoms with E-state index >= 15 is 0 Å². The lowest BCUT2D eigenvalue weighted by Gasteiger charge is -2.22. The number of hydrogen-bond donors (Lipinski definition) is 1. The lowest BCUT2D eigenvalue weighted by Crippen LogP contribution is -2.18. The van der Waals surface area contributed by atoms with Crippen LogP contribution in [0.1, 0.15) is 24.8 Å². The summed E-state index contributed by atoms with van der Waals surface area (Å²) in [5.41, 5.74) is 0. The van der Waals surface area contributed by atoms with Gasteiger partial charge in [-0.25, -0.2) is 13.4 Å². The molecular formula is C14H18N2O2S2. The Kier molecular flexibility index (Phi) is 4.45. The quantitative estimate of drug-likeness (QED) is 0.920. The lowest BCUT2D eigenvalue weighted by atomic mass is 10.0. The van der Waals surface area contributed by atoms with E-state index in [0.29, 0.717) is 11.7 Å². The number of thiophene rings is 1. The predicted molar refractivity (Wildman–Crippen MR) is 82.9 cm³/mol. The van der Waals surface area contributed by atoms with Crippen LogP contribution in [0.4, 0.5) is 5.82 Å². The monoisotopic (exact) mass is 310 g/mol. The zero-order valence-electron chi connectivity index (χ0n) is 11.7. The molecule has 0 aliphatic rings. The molecule has 0 amide bonds. The molecule has 0 fully saturated rings. The molecular weight excluding hydrogens is 292 g/mol. The third-order valence-electron chi connectivity index (χ3n) is 2.98. The average Bonchev–Trinajstić information content (AvgIpc) is 2.88. The van der Waals surface area contributed by atoms with Crippen molar-refractivity contribution >= 4 is 27.0 Å². The highest BCUT2D eigenvalue weighted by atomic mass is 32.2. The van der Waals surface area contributed by atoms with Crippen LogP contribution < -0.4 is 5.32 Å². The van der Waals surface area contributed by atoms with Crippen LogP contribution in [-0.4, -0.2) is 19.7 Å². The van der Waals surface area contributed by atoms with Crippen LogP contribution in [0.2, 0.25) is 0 Å². The largest absolute Gasteiger partial charge is 0.361 e. The van der Waals surface area contributed by atoms with Gasteiger partial charge >= 0.3 is 0 Å². The maximum absolute atomic E-state index is 11.8. The summed E-state index contributed by atoms with van der Waals surface area (Å²) >= 11 is 1.65. The first-order valence-electron chi connectivity index (χ1n) is 6.34. The van der Waals surface area contributed by atoms with Crippen molar-refractivity contribution in [2.75, 3.05) is 11.6 Å². The standard InChI is InChI=1S/C14H18N2O2S2/c1-10(2)13(11-6-5-9-19-11)16-14-12(20(3,17)18)7-4-8-15-14/h4-10,13H,1-3H3,(H,15,16). The van der Waals surface area contributed by atoms with E-state index in [1.54, 1.807) is 29.7 Å². The van der Waals surface area contributed by atoms with Crippen molar-refractivity contribution in [1.82, 2.24) is 4.98 Å². The summed E-state index contributed by atoms with van der Waals surface area (Å²) in [5, 5.41) is 5.29. The van der Waals surface area contributed by atoms with Crippen LogP contribution in [0.25, 0.3) is 0 Å². The molecule has 6 heteroatoms. The minimum absolute atomic E-state index is 0.0467. The summed E-state index contributed by atoms with van der Waals surface area (Å²) in [6.45, 7) is 4.20. The SMILES string of the molecule is CC(C)C(Nc1ncccc1S(C)(=O)=O)c1cccs1. The molecule has 2 aromatic rings. The summed E-state index contributed by atoms with van der Waals surface area (Å²) in [6, 6.07) is 7.30. The maximum atomic E-state index is 11.8. The van der Waals surface area contributed by atoms with Crippen molar-refractivity contribution in [2.24, 2.45) is 5.92 Å². The van der Waals surface area contributed by atoms with E-state index in [1.165, 1.54) is 11.1 Å². The second kappa shape index (κ2) is 5.93. The van der Waals surface area contributed by atoms with E-state index in [0.717, 1.165) is 0 Å². The number of nitrogens with zero attached hydrogens (tertiary/aromatic N) is 1. The van der Waals surface area contributed by atoms with Gasteiger partial charge in [0.25, 0.3) is 0 Å². The molecule has 1 atom stereocenters. The number of hydrogen-bond acceptors (Lipinski definition) is 5. The van der Waals surface area contributed by atoms with Crippen molar-refractivity contribution < 1.29 is 8.42 Å². The molecule has 0 saturated heterocycles. The molecule has 2 rings (SSSR count). The molecule has 0 radical (unpaired) electrons. The Labute approximate surface area is 123 Å². The Morgan fingerprint density at radius 2 is 2.00 bits per heavy atom. The highest BCUT2D eigenvalue weighted by molar-refractivity contribution is 7.90. The third-order valence-corrected chi connectivity index (χ3v) is 5.06. The molecule has 0 spiro atoms. The third kappa shape index (κ3) is 3.37. The first-order chi connectivity index (χ1) is 9.39. The highest BCUT2D eigenvalue weighted by Gasteiger charge is 2.21. The fourth-order valence-corrected chi connectivity index (χ4v) is 3.72. The summed E-state index contributed by atoms with van der Waals surface area (Å²) in [5.74, 6) is 0.741. The van der Waals surface area contributed by atoms with Gasteiger partial charge in [0.2, 0.25) is 0 Å². The van der Waals surface area contributed by atoms with Gasteiger partial charge in [-0.3, -0.25) is 0 Å². The molecule has 0 aromatic carbocycles. The van der Waals surface area contributed by atoms with Crippen molar-refractivity contribution in [2.45, 2.75) is 24.8 Å². The average molecular weight is 310 g/mol. The molecule has 4 nitrogen and oxygen atoms in total. The van der Waals surface area contributed by atoms with Crippen LogP contribution >= 0.6 is 11.3 Å². The fraction of sp³-hybridized carbons (Fsp3) is 0.357. The molecule has 0 aliphatic heterocycles. The first kappa shape index (κ1) is 15.0. The van der Waals surface area contributed by atoms with Gasteiger partial charge in [-0.05, 0) is 29.5 Å². The van der Waals surface area contributed by atoms with Crippen LogP contribution in [0.15, 0.2) is 40.7 Å². The second-order valence-corrected chi connectivity index (χ2v) is 7.97. The van der Waals surface area contributed by atoms with Crippen LogP contribution in [0, 0.1) is 5.92 Å². The smallest absolute Gasteiger partial charge is 0.179 e. The van der Waals surface area contributed by atoms with Crippen molar-refractivity contribution in [3.05, 3.63) is 40.7 Å². The normalized spacial score (nSPS) is 13.4. The van der Waals surface area contributed by atoms with Crippen LogP contribution in [-0.2, 0) is 9.84 Å². The molecule has 0 aliphatic carbocycles. The number of sulfone groups is 1. The van der Waals surface area contributed by atoms with Gasteiger partial charge in [0.1, 0.15) is 10.7 Å². The molecule has 0 bridgehead atoms. The number of rotatable bonds is 5. The summed E-state index contributed by atoms with van der Waals surface area (Å²) < 4.78 is 23.6. The Morgan fingerprint density at radius 3 is 2.55 bits per heavy atom. The van der Waals surface area contributed by atoms with E-state index in [4.69, 9.17) is 0 Å². The minimum Gasteiger partial charge on any atom is -0.361 e. The van der Waals surface area contributed by atoms with E-state index in [2.05, 4.69) is 24.1 Å². The molecule has 108 valence electrons. The van der Waals surface area contributed by atoms with Gasteiger partial charge in [0, 0.05) is 17.3 Å². The van der Waals surface area contributed by atoms with Gasteiger partial charge in [-0.15, -0.1) is 11.3 Å². The summed E-state index contributed by atoms with van der Waals surface area (Å²) in [4.78, 5) is 5.60. The van der Waals surface area contributed by atoms with E-state index in [-0.39, 0.29) is 10.9 Å². The molecule has 2 heterocycles. The van der Waals surface area contributed by atoms with Crippen LogP contribution in [0.5, 0.6) is 0 Å². The number of aromatic nitrogens is 1. The lowest BCUT2D eigenvalue weighted by molar-refractivity contribution is 0.550. The number of anilines is 1. The molecule has 1 unspecified atom stereocenters. The molecule has 20 heavy (non-hydrogen) atoms. The van der Waals surface area contributed by atoms with Gasteiger partial charge < -0.3 is 5.32 Å². The molecule has 0 saturated carbocycles. The Bertz CT molecular complexity index is 664. The predicted octanol–water partition coefficient (Wildman–Crippen LogP) is 3.36. The Morgan fingerprint density at radius 1 is 1.25 bits per heavy atom. The van der Waals surface area contributed by atoms with E-state index in [9.17, 15) is 8.42 Å². The van der Waals surface area contributed by atoms with Crippen LogP contribution in [0.3, 0.4) is 0 Å². The van der Waals surface area contributed by atoms with E-state index in [1.807, 2.05) is 17.5 Å². The number of pyridine rings is 1. The van der Waals surface area contributed by atoms with Gasteiger partial charge in [-0.1, -0.05) is 19.9 Å². The molecule has 2 aromatic heterocycles. The number of nitrogens with one attached hydrogen (secondary N) is 1. The topological polar surface area (TPSA) is 59.1 Å². The molecule has 1 N–H and O–H groups in total.